The van der Waals surface area contributed by atoms with E-state index in [1.165, 1.54) is 23.3 Å². The molecular formula is C11H17N5O2S. The SMILES string of the molecule is COC(=O)N(c1nc(CCN=[N+]=[N-])cs1)C(C)(C)C. The van der Waals surface area contributed by atoms with Crippen LogP contribution in [0, 0.1) is 0 Å². The Hall–Kier alpha value is -1.79. The lowest BCUT2D eigenvalue weighted by atomic mass is 10.1. The molecule has 0 unspecified atom stereocenters. The highest BCUT2D eigenvalue weighted by Crippen LogP contribution is 2.28. The van der Waals surface area contributed by atoms with Crippen LogP contribution in [0.3, 0.4) is 0 Å². The molecule has 1 aromatic heterocycles. The zero-order valence-corrected chi connectivity index (χ0v) is 12.3. The van der Waals surface area contributed by atoms with Gasteiger partial charge in [0.1, 0.15) is 0 Å². The monoisotopic (exact) mass is 283 g/mol. The zero-order valence-electron chi connectivity index (χ0n) is 11.5. The second-order valence-corrected chi connectivity index (χ2v) is 5.64. The van der Waals surface area contributed by atoms with Gasteiger partial charge in [0.25, 0.3) is 0 Å². The lowest BCUT2D eigenvalue weighted by Crippen LogP contribution is -2.45. The molecule has 1 heterocycles. The maximum Gasteiger partial charge on any atom is 0.416 e. The van der Waals surface area contributed by atoms with E-state index in [-0.39, 0.29) is 0 Å². The molecule has 0 radical (unpaired) electrons. The minimum Gasteiger partial charge on any atom is -0.452 e. The fourth-order valence-electron chi connectivity index (χ4n) is 1.45. The Morgan fingerprint density at radius 2 is 2.32 bits per heavy atom. The molecule has 0 aliphatic carbocycles. The van der Waals surface area contributed by atoms with Crippen molar-refractivity contribution in [2.24, 2.45) is 5.11 Å². The summed E-state index contributed by atoms with van der Waals surface area (Å²) in [6, 6.07) is 0. The van der Waals surface area contributed by atoms with Crippen LogP contribution < -0.4 is 4.90 Å². The van der Waals surface area contributed by atoms with Crippen LogP contribution in [0.25, 0.3) is 10.4 Å². The first-order chi connectivity index (χ1) is 8.90. The molecule has 8 heteroatoms. The number of carbonyl (C=O) groups excluding carboxylic acids is 1. The number of thiazole rings is 1. The van der Waals surface area contributed by atoms with Gasteiger partial charge in [-0.1, -0.05) is 5.11 Å². The third-order valence-corrected chi connectivity index (χ3v) is 3.16. The van der Waals surface area contributed by atoms with Gasteiger partial charge >= 0.3 is 6.09 Å². The van der Waals surface area contributed by atoms with Crippen LogP contribution in [0.15, 0.2) is 10.5 Å². The van der Waals surface area contributed by atoms with Gasteiger partial charge in [0.05, 0.1) is 12.8 Å². The number of methoxy groups -OCH3 is 1. The van der Waals surface area contributed by atoms with E-state index in [1.807, 2.05) is 26.2 Å². The Bertz CT molecular complexity index is 488. The first kappa shape index (κ1) is 15.3. The molecule has 0 aromatic carbocycles. The fraction of sp³-hybridized carbons (Fsp3) is 0.636. The summed E-state index contributed by atoms with van der Waals surface area (Å²) in [5.41, 5.74) is 8.59. The van der Waals surface area contributed by atoms with Crippen molar-refractivity contribution in [2.75, 3.05) is 18.6 Å². The Kier molecular flexibility index (Phi) is 5.14. The summed E-state index contributed by atoms with van der Waals surface area (Å²) >= 11 is 1.37. The largest absolute Gasteiger partial charge is 0.452 e. The molecule has 0 atom stereocenters. The summed E-state index contributed by atoms with van der Waals surface area (Å²) in [5.74, 6) is 0. The number of ether oxygens (including phenoxy) is 1. The van der Waals surface area contributed by atoms with Crippen LogP contribution in [-0.4, -0.2) is 30.3 Å². The minimum atomic E-state index is -0.441. The molecule has 104 valence electrons. The summed E-state index contributed by atoms with van der Waals surface area (Å²) < 4.78 is 4.79. The number of hydrogen-bond acceptors (Lipinski definition) is 5. The number of anilines is 1. The van der Waals surface area contributed by atoms with E-state index in [2.05, 4.69) is 15.0 Å². The van der Waals surface area contributed by atoms with Gasteiger partial charge in [-0.05, 0) is 32.7 Å². The average Bonchev–Trinajstić information content (AvgIpc) is 2.76. The maximum atomic E-state index is 11.8. The predicted molar refractivity (Wildman–Crippen MR) is 74.5 cm³/mol. The highest BCUT2D eigenvalue weighted by molar-refractivity contribution is 7.14. The third-order valence-electron chi connectivity index (χ3n) is 2.29. The Morgan fingerprint density at radius 1 is 1.63 bits per heavy atom. The van der Waals surface area contributed by atoms with Crippen LogP contribution in [0.4, 0.5) is 9.93 Å². The van der Waals surface area contributed by atoms with Gasteiger partial charge in [-0.3, -0.25) is 0 Å². The number of amides is 1. The quantitative estimate of drug-likeness (QED) is 0.482. The molecule has 0 aliphatic rings. The van der Waals surface area contributed by atoms with E-state index < -0.39 is 11.6 Å². The van der Waals surface area contributed by atoms with Gasteiger partial charge in [0, 0.05) is 22.4 Å². The summed E-state index contributed by atoms with van der Waals surface area (Å²) in [7, 11) is 1.34. The summed E-state index contributed by atoms with van der Waals surface area (Å²) in [5, 5.41) is 5.89. The normalized spacial score (nSPS) is 10.7. The van der Waals surface area contributed by atoms with Gasteiger partial charge in [-0.15, -0.1) is 11.3 Å². The van der Waals surface area contributed by atoms with Crippen LogP contribution >= 0.6 is 11.3 Å². The summed E-state index contributed by atoms with van der Waals surface area (Å²) in [6.07, 6.45) is 0.114. The van der Waals surface area contributed by atoms with Gasteiger partial charge in [-0.25, -0.2) is 14.7 Å². The van der Waals surface area contributed by atoms with Crippen LogP contribution in [0.5, 0.6) is 0 Å². The molecule has 0 saturated heterocycles. The first-order valence-electron chi connectivity index (χ1n) is 5.73. The minimum absolute atomic E-state index is 0.355. The molecule has 0 fully saturated rings. The van der Waals surface area contributed by atoms with Gasteiger partial charge in [0.15, 0.2) is 5.13 Å². The van der Waals surface area contributed by atoms with Gasteiger partial charge < -0.3 is 4.74 Å². The molecule has 0 saturated carbocycles. The van der Waals surface area contributed by atoms with Crippen molar-refractivity contribution in [2.45, 2.75) is 32.7 Å². The number of rotatable bonds is 4. The number of hydrogen-bond donors (Lipinski definition) is 0. The van der Waals surface area contributed by atoms with Crippen LogP contribution in [-0.2, 0) is 11.2 Å². The molecule has 0 spiro atoms. The molecule has 0 bridgehead atoms. The van der Waals surface area contributed by atoms with Crippen molar-refractivity contribution < 1.29 is 9.53 Å². The van der Waals surface area contributed by atoms with Crippen molar-refractivity contribution >= 4 is 22.6 Å². The lowest BCUT2D eigenvalue weighted by molar-refractivity contribution is 0.172. The average molecular weight is 283 g/mol. The second kappa shape index (κ2) is 6.40. The van der Waals surface area contributed by atoms with Crippen LogP contribution in [0.2, 0.25) is 0 Å². The zero-order chi connectivity index (χ0) is 14.5. The molecule has 1 rings (SSSR count). The van der Waals surface area contributed by atoms with E-state index in [0.717, 1.165) is 5.69 Å². The molecule has 1 aromatic rings. The summed E-state index contributed by atoms with van der Waals surface area (Å²) in [4.78, 5) is 20.4. The van der Waals surface area contributed by atoms with Gasteiger partial charge in [0.2, 0.25) is 0 Å². The highest BCUT2D eigenvalue weighted by Gasteiger charge is 2.31. The standard InChI is InChI=1S/C11H17N5O2S/c1-11(2,3)16(10(17)18-4)9-14-8(7-19-9)5-6-13-15-12/h7H,5-6H2,1-4H3. The predicted octanol–water partition coefficient (Wildman–Crippen LogP) is 3.37. The second-order valence-electron chi connectivity index (χ2n) is 4.80. The van der Waals surface area contributed by atoms with Crippen molar-refractivity contribution in [3.05, 3.63) is 21.5 Å². The first-order valence-corrected chi connectivity index (χ1v) is 6.61. The number of carbonyl (C=O) groups is 1. The molecule has 7 nitrogen and oxygen atoms in total. The number of azide groups is 1. The third kappa shape index (κ3) is 4.11. The van der Waals surface area contributed by atoms with E-state index in [4.69, 9.17) is 10.3 Å². The topological polar surface area (TPSA) is 91.2 Å². The molecule has 1 amide bonds. The molecule has 19 heavy (non-hydrogen) atoms. The number of nitrogens with zero attached hydrogens (tertiary/aromatic N) is 5. The van der Waals surface area contributed by atoms with Crippen molar-refractivity contribution in [1.82, 2.24) is 4.98 Å². The van der Waals surface area contributed by atoms with Crippen molar-refractivity contribution in [3.63, 3.8) is 0 Å². The molecule has 0 N–H and O–H groups in total. The summed E-state index contributed by atoms with van der Waals surface area (Å²) in [6.45, 7) is 6.08. The Morgan fingerprint density at radius 3 is 2.84 bits per heavy atom. The lowest BCUT2D eigenvalue weighted by Gasteiger charge is -2.31. The van der Waals surface area contributed by atoms with Gasteiger partial charge in [-0.2, -0.15) is 0 Å². The Labute approximate surface area is 115 Å². The Balaban J connectivity index is 2.92. The van der Waals surface area contributed by atoms with E-state index in [1.54, 1.807) is 0 Å². The fourth-order valence-corrected chi connectivity index (χ4v) is 2.49. The van der Waals surface area contributed by atoms with Crippen molar-refractivity contribution in [3.8, 4) is 0 Å². The van der Waals surface area contributed by atoms with Crippen LogP contribution in [0.1, 0.15) is 26.5 Å². The maximum absolute atomic E-state index is 11.8. The smallest absolute Gasteiger partial charge is 0.416 e. The number of aromatic nitrogens is 1. The van der Waals surface area contributed by atoms with E-state index in [0.29, 0.717) is 18.1 Å². The molecule has 0 aliphatic heterocycles. The molecular weight excluding hydrogens is 266 g/mol. The van der Waals surface area contributed by atoms with E-state index in [9.17, 15) is 4.79 Å². The van der Waals surface area contributed by atoms with E-state index >= 15 is 0 Å². The van der Waals surface area contributed by atoms with Crippen molar-refractivity contribution in [1.29, 1.82) is 0 Å². The highest BCUT2D eigenvalue weighted by atomic mass is 32.1.